The molecule has 0 bridgehead atoms. The number of esters is 2. The molecule has 0 radical (unpaired) electrons. The maximum absolute atomic E-state index is 11.8. The molecular formula is C16H17NO5. The highest BCUT2D eigenvalue weighted by atomic mass is 16.5. The number of amides is 1. The molecular weight excluding hydrogens is 286 g/mol. The second-order valence-electron chi connectivity index (χ2n) is 4.39. The molecule has 0 aromatic heterocycles. The maximum atomic E-state index is 11.8. The zero-order chi connectivity index (χ0) is 16.5. The lowest BCUT2D eigenvalue weighted by Gasteiger charge is -2.09. The van der Waals surface area contributed by atoms with Gasteiger partial charge in [0.1, 0.15) is 0 Å². The van der Waals surface area contributed by atoms with Crippen molar-refractivity contribution < 1.29 is 23.9 Å². The number of benzene rings is 1. The van der Waals surface area contributed by atoms with Crippen molar-refractivity contribution in [2.45, 2.75) is 19.3 Å². The van der Waals surface area contributed by atoms with Crippen LogP contribution in [0.2, 0.25) is 0 Å². The van der Waals surface area contributed by atoms with Gasteiger partial charge in [0, 0.05) is 18.5 Å². The van der Waals surface area contributed by atoms with Crippen molar-refractivity contribution in [2.75, 3.05) is 19.5 Å². The monoisotopic (exact) mass is 303 g/mol. The fourth-order valence-electron chi connectivity index (χ4n) is 1.75. The Labute approximate surface area is 128 Å². The summed E-state index contributed by atoms with van der Waals surface area (Å²) < 4.78 is 9.24. The molecule has 1 aromatic carbocycles. The molecule has 0 aliphatic carbocycles. The molecule has 1 N–H and O–H groups in total. The lowest BCUT2D eigenvalue weighted by molar-refractivity contribution is -0.116. The molecule has 0 heterocycles. The molecule has 0 saturated heterocycles. The van der Waals surface area contributed by atoms with Gasteiger partial charge in [0.2, 0.25) is 5.91 Å². The third-order valence-electron chi connectivity index (χ3n) is 2.78. The molecule has 0 atom stereocenters. The van der Waals surface area contributed by atoms with Crippen molar-refractivity contribution in [3.63, 3.8) is 0 Å². The summed E-state index contributed by atoms with van der Waals surface area (Å²) in [6, 6.07) is 4.19. The third kappa shape index (κ3) is 4.94. The lowest BCUT2D eigenvalue weighted by Crippen LogP contribution is -2.13. The first-order valence-electron chi connectivity index (χ1n) is 6.56. The highest BCUT2D eigenvalue weighted by Crippen LogP contribution is 2.17. The van der Waals surface area contributed by atoms with Crippen LogP contribution in [0.5, 0.6) is 0 Å². The number of rotatable bonds is 6. The lowest BCUT2D eigenvalue weighted by atomic mass is 10.1. The fraction of sp³-hybridized carbons (Fsp3) is 0.312. The number of unbranched alkanes of at least 4 members (excludes halogenated alkanes) is 1. The van der Waals surface area contributed by atoms with Crippen molar-refractivity contribution in [3.05, 3.63) is 29.3 Å². The Balaban J connectivity index is 2.98. The fourth-order valence-corrected chi connectivity index (χ4v) is 1.75. The molecule has 1 rings (SSSR count). The molecule has 0 spiro atoms. The number of carbonyl (C=O) groups is 3. The van der Waals surface area contributed by atoms with E-state index < -0.39 is 11.9 Å². The molecule has 0 fully saturated rings. The number of carbonyl (C=O) groups excluding carboxylic acids is 3. The van der Waals surface area contributed by atoms with Crippen molar-refractivity contribution in [1.82, 2.24) is 0 Å². The van der Waals surface area contributed by atoms with Gasteiger partial charge in [-0.1, -0.05) is 0 Å². The van der Waals surface area contributed by atoms with Crippen LogP contribution in [0.4, 0.5) is 5.69 Å². The van der Waals surface area contributed by atoms with E-state index in [1.165, 1.54) is 32.4 Å². The number of nitrogens with one attached hydrogen (secondary N) is 1. The van der Waals surface area contributed by atoms with Gasteiger partial charge in [-0.05, 0) is 24.6 Å². The van der Waals surface area contributed by atoms with E-state index >= 15 is 0 Å². The van der Waals surface area contributed by atoms with Gasteiger partial charge in [-0.15, -0.1) is 12.3 Å². The summed E-state index contributed by atoms with van der Waals surface area (Å²) in [5.41, 5.74) is 0.600. The van der Waals surface area contributed by atoms with E-state index in [2.05, 4.69) is 20.7 Å². The van der Waals surface area contributed by atoms with Crippen LogP contribution in [0, 0.1) is 12.3 Å². The number of anilines is 1. The largest absolute Gasteiger partial charge is 0.465 e. The Morgan fingerprint density at radius 3 is 2.09 bits per heavy atom. The summed E-state index contributed by atoms with van der Waals surface area (Å²) in [6.45, 7) is 0. The molecule has 1 amide bonds. The highest BCUT2D eigenvalue weighted by Gasteiger charge is 2.14. The number of methoxy groups -OCH3 is 2. The van der Waals surface area contributed by atoms with Gasteiger partial charge in [0.15, 0.2) is 0 Å². The normalized spacial score (nSPS) is 9.50. The van der Waals surface area contributed by atoms with Gasteiger partial charge in [-0.25, -0.2) is 9.59 Å². The minimum Gasteiger partial charge on any atom is -0.465 e. The average molecular weight is 303 g/mol. The Kier molecular flexibility index (Phi) is 6.64. The van der Waals surface area contributed by atoms with Gasteiger partial charge in [0.25, 0.3) is 0 Å². The summed E-state index contributed by atoms with van der Waals surface area (Å²) >= 11 is 0. The van der Waals surface area contributed by atoms with Crippen molar-refractivity contribution in [1.29, 1.82) is 0 Å². The molecule has 0 saturated carbocycles. The Morgan fingerprint density at radius 2 is 1.64 bits per heavy atom. The molecule has 1 aromatic rings. The number of terminal acetylenes is 1. The average Bonchev–Trinajstić information content (AvgIpc) is 2.53. The highest BCUT2D eigenvalue weighted by molar-refractivity contribution is 5.99. The first-order chi connectivity index (χ1) is 10.5. The predicted octanol–water partition coefficient (Wildman–Crippen LogP) is 2.00. The Bertz CT molecular complexity index is 581. The molecule has 22 heavy (non-hydrogen) atoms. The van der Waals surface area contributed by atoms with Crippen LogP contribution in [0.15, 0.2) is 18.2 Å². The van der Waals surface area contributed by atoms with Crippen molar-refractivity contribution >= 4 is 23.5 Å². The maximum Gasteiger partial charge on any atom is 0.337 e. The van der Waals surface area contributed by atoms with E-state index in [-0.39, 0.29) is 23.5 Å². The van der Waals surface area contributed by atoms with Crippen LogP contribution in [0.25, 0.3) is 0 Å². The van der Waals surface area contributed by atoms with Crippen molar-refractivity contribution in [3.8, 4) is 12.3 Å². The van der Waals surface area contributed by atoms with Gasteiger partial charge < -0.3 is 14.8 Å². The van der Waals surface area contributed by atoms with Gasteiger partial charge >= 0.3 is 11.9 Å². The van der Waals surface area contributed by atoms with E-state index in [0.29, 0.717) is 18.5 Å². The minimum absolute atomic E-state index is 0.143. The third-order valence-corrected chi connectivity index (χ3v) is 2.78. The first kappa shape index (κ1) is 17.2. The number of hydrogen-bond acceptors (Lipinski definition) is 5. The summed E-state index contributed by atoms with van der Waals surface area (Å²) in [4.78, 5) is 35.0. The van der Waals surface area contributed by atoms with Crippen LogP contribution < -0.4 is 5.32 Å². The smallest absolute Gasteiger partial charge is 0.337 e. The molecule has 0 unspecified atom stereocenters. The van der Waals surface area contributed by atoms with Gasteiger partial charge in [-0.3, -0.25) is 4.79 Å². The van der Waals surface area contributed by atoms with Gasteiger partial charge in [0.05, 0.1) is 25.3 Å². The van der Waals surface area contributed by atoms with Crippen LogP contribution >= 0.6 is 0 Å². The quantitative estimate of drug-likeness (QED) is 0.494. The molecule has 6 heteroatoms. The molecule has 6 nitrogen and oxygen atoms in total. The Hall–Kier alpha value is -2.81. The standard InChI is InChI=1S/C16H17NO5/c1-4-5-6-7-14(18)17-13-9-11(15(19)21-2)8-12(10-13)16(20)22-3/h1,8-10H,5-7H2,2-3H3,(H,17,18). The molecule has 116 valence electrons. The minimum atomic E-state index is -0.617. The SMILES string of the molecule is C#CCCCC(=O)Nc1cc(C(=O)OC)cc(C(=O)OC)c1. The van der Waals surface area contributed by atoms with Crippen LogP contribution in [0.3, 0.4) is 0 Å². The zero-order valence-corrected chi connectivity index (χ0v) is 12.5. The number of hydrogen-bond donors (Lipinski definition) is 1. The molecule has 0 aliphatic heterocycles. The van der Waals surface area contributed by atoms with Crippen LogP contribution in [-0.4, -0.2) is 32.1 Å². The summed E-state index contributed by atoms with van der Waals surface area (Å²) in [7, 11) is 2.45. The van der Waals surface area contributed by atoms with E-state index in [9.17, 15) is 14.4 Å². The second kappa shape index (κ2) is 8.47. The van der Waals surface area contributed by atoms with Crippen molar-refractivity contribution in [2.24, 2.45) is 0 Å². The zero-order valence-electron chi connectivity index (χ0n) is 12.5. The van der Waals surface area contributed by atoms with Crippen LogP contribution in [0.1, 0.15) is 40.0 Å². The summed E-state index contributed by atoms with van der Waals surface area (Å²) in [6.07, 6.45) is 6.43. The summed E-state index contributed by atoms with van der Waals surface area (Å²) in [5, 5.41) is 2.62. The topological polar surface area (TPSA) is 81.7 Å². The van der Waals surface area contributed by atoms with E-state index in [1.807, 2.05) is 0 Å². The van der Waals surface area contributed by atoms with E-state index in [1.54, 1.807) is 0 Å². The van der Waals surface area contributed by atoms with E-state index in [0.717, 1.165) is 0 Å². The van der Waals surface area contributed by atoms with Gasteiger partial charge in [-0.2, -0.15) is 0 Å². The first-order valence-corrected chi connectivity index (χ1v) is 6.56. The summed E-state index contributed by atoms with van der Waals surface area (Å²) in [5.74, 6) is 0.957. The second-order valence-corrected chi connectivity index (χ2v) is 4.39. The number of ether oxygens (including phenoxy) is 2. The Morgan fingerprint density at radius 1 is 1.09 bits per heavy atom. The van der Waals surface area contributed by atoms with Crippen LogP contribution in [-0.2, 0) is 14.3 Å². The predicted molar refractivity (Wildman–Crippen MR) is 80.4 cm³/mol. The molecule has 0 aliphatic rings. The van der Waals surface area contributed by atoms with E-state index in [4.69, 9.17) is 6.42 Å².